The predicted octanol–water partition coefficient (Wildman–Crippen LogP) is 3.57. The number of carbonyl (C=O) groups excluding carboxylic acids is 1. The van der Waals surface area contributed by atoms with E-state index in [1.165, 1.54) is 4.31 Å². The van der Waals surface area contributed by atoms with Gasteiger partial charge in [-0.1, -0.05) is 47.5 Å². The Morgan fingerprint density at radius 2 is 1.55 bits per heavy atom. The van der Waals surface area contributed by atoms with Crippen LogP contribution in [0.25, 0.3) is 0 Å². The number of halogens is 3. The van der Waals surface area contributed by atoms with Crippen LogP contribution in [-0.4, -0.2) is 73.5 Å². The highest BCUT2D eigenvalue weighted by Gasteiger charge is 2.38. The van der Waals surface area contributed by atoms with E-state index in [1.807, 2.05) is 69.0 Å². The van der Waals surface area contributed by atoms with Gasteiger partial charge in [-0.2, -0.15) is 17.5 Å². The number of nitrogens with one attached hydrogen (secondary N) is 1. The van der Waals surface area contributed by atoms with Gasteiger partial charge in [0.1, 0.15) is 0 Å². The smallest absolute Gasteiger partial charge is 0.475 e. The lowest BCUT2D eigenvalue weighted by atomic mass is 10.1. The Balaban J connectivity index is 0.000000638. The highest BCUT2D eigenvalue weighted by atomic mass is 32.2. The molecule has 1 fully saturated rings. The average Bonchev–Trinajstić information content (AvgIpc) is 2.81. The number of nitrogens with zero attached hydrogens (tertiary/aromatic N) is 2. The third-order valence-corrected chi connectivity index (χ3v) is 8.08. The first-order valence-electron chi connectivity index (χ1n) is 12.0. The molecule has 2 aromatic rings. The number of carboxylic acid groups (broad SMARTS) is 1. The van der Waals surface area contributed by atoms with Crippen LogP contribution in [-0.2, 0) is 26.2 Å². The molecule has 0 unspecified atom stereocenters. The van der Waals surface area contributed by atoms with Crippen LogP contribution >= 0.6 is 0 Å². The Bertz CT molecular complexity index is 1220. The molecule has 1 heterocycles. The maximum absolute atomic E-state index is 13.8. The maximum atomic E-state index is 13.8. The fourth-order valence-electron chi connectivity index (χ4n) is 4.29. The molecule has 0 radical (unpaired) electrons. The zero-order valence-corrected chi connectivity index (χ0v) is 22.7. The van der Waals surface area contributed by atoms with E-state index in [0.29, 0.717) is 18.0 Å². The first kappa shape index (κ1) is 31.3. The van der Waals surface area contributed by atoms with Crippen molar-refractivity contribution in [3.05, 3.63) is 64.2 Å². The fourth-order valence-corrected chi connectivity index (χ4v) is 6.13. The summed E-state index contributed by atoms with van der Waals surface area (Å²) in [6, 6.07) is 11.7. The predicted molar refractivity (Wildman–Crippen MR) is 137 cm³/mol. The highest BCUT2D eigenvalue weighted by molar-refractivity contribution is 7.89. The number of rotatable bonds is 7. The molecule has 210 valence electrons. The molecule has 1 saturated heterocycles. The van der Waals surface area contributed by atoms with Gasteiger partial charge < -0.3 is 15.3 Å². The van der Waals surface area contributed by atoms with Crippen LogP contribution in [0, 0.1) is 27.7 Å². The number of carbonyl (C=O) groups is 2. The molecule has 0 aliphatic carbocycles. The minimum atomic E-state index is -5.08. The number of amides is 1. The zero-order valence-electron chi connectivity index (χ0n) is 21.9. The highest BCUT2D eigenvalue weighted by Crippen LogP contribution is 2.27. The number of hydrogen-bond donors (Lipinski definition) is 2. The van der Waals surface area contributed by atoms with Crippen LogP contribution in [0.15, 0.2) is 41.3 Å². The van der Waals surface area contributed by atoms with Gasteiger partial charge in [0, 0.05) is 45.7 Å². The number of piperazine rings is 1. The molecule has 3 rings (SSSR count). The molecule has 0 aromatic heterocycles. The lowest BCUT2D eigenvalue weighted by molar-refractivity contribution is -0.192. The van der Waals surface area contributed by atoms with Gasteiger partial charge in [-0.05, 0) is 44.4 Å². The van der Waals surface area contributed by atoms with Crippen molar-refractivity contribution in [3.63, 3.8) is 0 Å². The molecule has 12 heteroatoms. The molecule has 0 atom stereocenters. The number of aryl methyl sites for hydroxylation is 4. The molecule has 0 saturated carbocycles. The van der Waals surface area contributed by atoms with Crippen molar-refractivity contribution in [2.45, 2.75) is 51.7 Å². The second kappa shape index (κ2) is 13.2. The largest absolute Gasteiger partial charge is 0.490 e. The Morgan fingerprint density at radius 3 is 2.05 bits per heavy atom. The third-order valence-electron chi connectivity index (χ3n) is 5.93. The van der Waals surface area contributed by atoms with E-state index >= 15 is 0 Å². The lowest BCUT2D eigenvalue weighted by Crippen LogP contribution is -2.47. The van der Waals surface area contributed by atoms with Crippen LogP contribution in [0.5, 0.6) is 0 Å². The van der Waals surface area contributed by atoms with Crippen molar-refractivity contribution in [1.29, 1.82) is 0 Å². The first-order chi connectivity index (χ1) is 17.6. The summed E-state index contributed by atoms with van der Waals surface area (Å²) in [6.07, 6.45) is -4.91. The fraction of sp³-hybridized carbons (Fsp3) is 0.462. The molecule has 8 nitrogen and oxygen atoms in total. The zero-order chi connectivity index (χ0) is 28.7. The normalized spacial score (nSPS) is 14.2. The Kier molecular flexibility index (Phi) is 10.9. The standard InChI is InChI=1S/C24H33N3O3S.C2HF3O2/c1-18-6-5-7-22(16-18)17-27(11-8-23(28)26-12-9-25-10-13-26)31(29,30)24-20(3)14-19(2)15-21(24)4;3-2(4,5)1(6)7/h5-7,14-16,25H,8-13,17H2,1-4H3;(H,6,7). The average molecular weight is 558 g/mol. The summed E-state index contributed by atoms with van der Waals surface area (Å²) >= 11 is 0. The van der Waals surface area contributed by atoms with Gasteiger partial charge in [0.15, 0.2) is 0 Å². The Labute approximate surface area is 221 Å². The van der Waals surface area contributed by atoms with E-state index in [9.17, 15) is 26.4 Å². The van der Waals surface area contributed by atoms with E-state index in [2.05, 4.69) is 5.32 Å². The second-order valence-electron chi connectivity index (χ2n) is 9.24. The van der Waals surface area contributed by atoms with Crippen molar-refractivity contribution < 1.29 is 36.3 Å². The summed E-state index contributed by atoms with van der Waals surface area (Å²) in [7, 11) is -3.77. The molecule has 2 N–H and O–H groups in total. The van der Waals surface area contributed by atoms with Crippen LogP contribution in [0.4, 0.5) is 13.2 Å². The van der Waals surface area contributed by atoms with Gasteiger partial charge in [-0.25, -0.2) is 13.2 Å². The molecule has 2 aromatic carbocycles. The summed E-state index contributed by atoms with van der Waals surface area (Å²) < 4.78 is 60.7. The van der Waals surface area contributed by atoms with Gasteiger partial charge in [-0.3, -0.25) is 4.79 Å². The van der Waals surface area contributed by atoms with Crippen LogP contribution in [0.3, 0.4) is 0 Å². The molecular formula is C26H34F3N3O5S. The van der Waals surface area contributed by atoms with E-state index < -0.39 is 22.2 Å². The van der Waals surface area contributed by atoms with Gasteiger partial charge in [0.2, 0.25) is 15.9 Å². The van der Waals surface area contributed by atoms with Crippen molar-refractivity contribution in [2.24, 2.45) is 0 Å². The summed E-state index contributed by atoms with van der Waals surface area (Å²) in [6.45, 7) is 10.9. The van der Waals surface area contributed by atoms with Crippen molar-refractivity contribution in [3.8, 4) is 0 Å². The molecule has 1 aliphatic heterocycles. The second-order valence-corrected chi connectivity index (χ2v) is 11.1. The topological polar surface area (TPSA) is 107 Å². The van der Waals surface area contributed by atoms with Crippen LogP contribution in [0.2, 0.25) is 0 Å². The van der Waals surface area contributed by atoms with Gasteiger partial charge in [-0.15, -0.1) is 0 Å². The third kappa shape index (κ3) is 8.81. The monoisotopic (exact) mass is 557 g/mol. The number of hydrogen-bond acceptors (Lipinski definition) is 5. The van der Waals surface area contributed by atoms with E-state index in [-0.39, 0.29) is 25.4 Å². The Hall–Kier alpha value is -2.96. The van der Waals surface area contributed by atoms with E-state index in [1.54, 1.807) is 0 Å². The van der Waals surface area contributed by atoms with Crippen LogP contribution in [0.1, 0.15) is 34.2 Å². The summed E-state index contributed by atoms with van der Waals surface area (Å²) in [5.41, 5.74) is 4.50. The molecule has 38 heavy (non-hydrogen) atoms. The summed E-state index contributed by atoms with van der Waals surface area (Å²) in [5, 5.41) is 10.4. The van der Waals surface area contributed by atoms with Crippen molar-refractivity contribution in [2.75, 3.05) is 32.7 Å². The van der Waals surface area contributed by atoms with E-state index in [4.69, 9.17) is 9.90 Å². The SMILES string of the molecule is Cc1cccc(CN(CCC(=O)N2CCNCC2)S(=O)(=O)c2c(C)cc(C)cc2C)c1.O=C(O)C(F)(F)F. The maximum Gasteiger partial charge on any atom is 0.490 e. The summed E-state index contributed by atoms with van der Waals surface area (Å²) in [4.78, 5) is 23.8. The molecular weight excluding hydrogens is 523 g/mol. The molecule has 1 aliphatic rings. The molecule has 0 bridgehead atoms. The number of sulfonamides is 1. The molecule has 0 spiro atoms. The van der Waals surface area contributed by atoms with Gasteiger partial charge in [0.25, 0.3) is 0 Å². The lowest BCUT2D eigenvalue weighted by Gasteiger charge is -2.29. The number of benzene rings is 2. The number of carboxylic acids is 1. The number of alkyl halides is 3. The summed E-state index contributed by atoms with van der Waals surface area (Å²) in [5.74, 6) is -2.75. The number of aliphatic carboxylic acids is 1. The van der Waals surface area contributed by atoms with E-state index in [0.717, 1.165) is 40.9 Å². The van der Waals surface area contributed by atoms with Crippen LogP contribution < -0.4 is 5.32 Å². The first-order valence-corrected chi connectivity index (χ1v) is 13.5. The van der Waals surface area contributed by atoms with Crippen molar-refractivity contribution in [1.82, 2.24) is 14.5 Å². The van der Waals surface area contributed by atoms with Gasteiger partial charge in [0.05, 0.1) is 4.90 Å². The Morgan fingerprint density at radius 1 is 1.00 bits per heavy atom. The quantitative estimate of drug-likeness (QED) is 0.539. The van der Waals surface area contributed by atoms with Crippen molar-refractivity contribution >= 4 is 21.9 Å². The molecule has 1 amide bonds. The minimum Gasteiger partial charge on any atom is -0.475 e. The minimum absolute atomic E-state index is 0.00305. The van der Waals surface area contributed by atoms with Gasteiger partial charge >= 0.3 is 12.1 Å².